The highest BCUT2D eigenvalue weighted by atomic mass is 16.4. The van der Waals surface area contributed by atoms with Gasteiger partial charge in [-0.25, -0.2) is 0 Å². The zero-order valence-corrected chi connectivity index (χ0v) is 12.6. The lowest BCUT2D eigenvalue weighted by Gasteiger charge is -2.31. The van der Waals surface area contributed by atoms with E-state index in [2.05, 4.69) is 12.2 Å². The number of nitrogens with one attached hydrogen (secondary N) is 1. The average Bonchev–Trinajstić information content (AvgIpc) is 3.08. The number of aliphatic carboxylic acids is 1. The Hall–Kier alpha value is -1.32. The molecule has 0 spiro atoms. The smallest absolute Gasteiger partial charge is 0.307 e. The second kappa shape index (κ2) is 5.82. The molecule has 5 atom stereocenters. The summed E-state index contributed by atoms with van der Waals surface area (Å²) in [4.78, 5) is 24.1. The van der Waals surface area contributed by atoms with Crippen LogP contribution in [0.15, 0.2) is 12.2 Å². The molecule has 0 aliphatic heterocycles. The first-order chi connectivity index (χ1) is 10.1. The molecule has 116 valence electrons. The van der Waals surface area contributed by atoms with Crippen molar-refractivity contribution < 1.29 is 14.7 Å². The normalized spacial score (nSPS) is 36.6. The first kappa shape index (κ1) is 14.6. The highest BCUT2D eigenvalue weighted by molar-refractivity contribution is 5.87. The third-order valence-electron chi connectivity index (χ3n) is 5.77. The van der Waals surface area contributed by atoms with Gasteiger partial charge >= 0.3 is 5.97 Å². The number of carboxylic acid groups (broad SMARTS) is 1. The Bertz CT molecular complexity index is 453. The first-order valence-corrected chi connectivity index (χ1v) is 8.29. The van der Waals surface area contributed by atoms with Crippen LogP contribution in [0.4, 0.5) is 0 Å². The minimum absolute atomic E-state index is 0.0441. The Morgan fingerprint density at radius 1 is 1.10 bits per heavy atom. The number of hydrogen-bond acceptors (Lipinski definition) is 2. The molecule has 4 heteroatoms. The van der Waals surface area contributed by atoms with Crippen LogP contribution in [0.3, 0.4) is 0 Å². The van der Waals surface area contributed by atoms with E-state index in [9.17, 15) is 14.7 Å². The van der Waals surface area contributed by atoms with Crippen molar-refractivity contribution in [1.29, 1.82) is 0 Å². The molecular weight excluding hydrogens is 266 g/mol. The predicted octanol–water partition coefficient (Wildman–Crippen LogP) is 2.59. The second-order valence-corrected chi connectivity index (χ2v) is 7.03. The average molecular weight is 291 g/mol. The molecule has 0 aromatic carbocycles. The van der Waals surface area contributed by atoms with E-state index >= 15 is 0 Å². The quantitative estimate of drug-likeness (QED) is 0.782. The molecule has 3 aliphatic carbocycles. The Morgan fingerprint density at radius 2 is 1.71 bits per heavy atom. The summed E-state index contributed by atoms with van der Waals surface area (Å²) in [7, 11) is 0. The molecule has 2 bridgehead atoms. The Morgan fingerprint density at radius 3 is 2.33 bits per heavy atom. The van der Waals surface area contributed by atoms with Gasteiger partial charge in [0.25, 0.3) is 0 Å². The van der Waals surface area contributed by atoms with Crippen LogP contribution in [0.2, 0.25) is 0 Å². The van der Waals surface area contributed by atoms with Crippen molar-refractivity contribution in [2.45, 2.75) is 51.5 Å². The van der Waals surface area contributed by atoms with E-state index in [1.54, 1.807) is 0 Å². The lowest BCUT2D eigenvalue weighted by molar-refractivity contribution is -0.148. The van der Waals surface area contributed by atoms with Crippen molar-refractivity contribution in [3.05, 3.63) is 12.2 Å². The summed E-state index contributed by atoms with van der Waals surface area (Å²) in [6.45, 7) is 2.08. The van der Waals surface area contributed by atoms with Gasteiger partial charge in [-0.3, -0.25) is 9.59 Å². The van der Waals surface area contributed by atoms with Crippen molar-refractivity contribution in [2.75, 3.05) is 0 Å². The van der Waals surface area contributed by atoms with Crippen LogP contribution in [0.25, 0.3) is 0 Å². The summed E-state index contributed by atoms with van der Waals surface area (Å²) in [5.74, 6) is -1.04. The van der Waals surface area contributed by atoms with Gasteiger partial charge < -0.3 is 10.4 Å². The van der Waals surface area contributed by atoms with E-state index in [4.69, 9.17) is 0 Å². The second-order valence-electron chi connectivity index (χ2n) is 7.03. The molecule has 4 unspecified atom stereocenters. The van der Waals surface area contributed by atoms with E-state index in [1.165, 1.54) is 32.1 Å². The zero-order chi connectivity index (χ0) is 15.0. The third kappa shape index (κ3) is 2.72. The van der Waals surface area contributed by atoms with Gasteiger partial charge in [0.2, 0.25) is 5.91 Å². The van der Waals surface area contributed by atoms with Crippen LogP contribution in [0.5, 0.6) is 0 Å². The zero-order valence-electron chi connectivity index (χ0n) is 12.6. The molecule has 21 heavy (non-hydrogen) atoms. The summed E-state index contributed by atoms with van der Waals surface area (Å²) in [6.07, 6.45) is 11.0. The van der Waals surface area contributed by atoms with Gasteiger partial charge in [0.05, 0.1) is 11.8 Å². The van der Waals surface area contributed by atoms with E-state index < -0.39 is 11.9 Å². The van der Waals surface area contributed by atoms with Gasteiger partial charge in [-0.1, -0.05) is 31.4 Å². The Balaban J connectivity index is 1.64. The van der Waals surface area contributed by atoms with Gasteiger partial charge in [-0.15, -0.1) is 0 Å². The van der Waals surface area contributed by atoms with E-state index in [1.807, 2.05) is 12.2 Å². The molecule has 0 aromatic heterocycles. The monoisotopic (exact) mass is 291 g/mol. The summed E-state index contributed by atoms with van der Waals surface area (Å²) in [5.41, 5.74) is 0. The number of carboxylic acids is 1. The van der Waals surface area contributed by atoms with Gasteiger partial charge in [0.15, 0.2) is 0 Å². The molecule has 0 radical (unpaired) electrons. The van der Waals surface area contributed by atoms with Crippen molar-refractivity contribution in [3.63, 3.8) is 0 Å². The van der Waals surface area contributed by atoms with Gasteiger partial charge in [0, 0.05) is 6.04 Å². The molecule has 3 rings (SSSR count). The maximum Gasteiger partial charge on any atom is 0.307 e. The Labute approximate surface area is 126 Å². The SMILES string of the molecule is C[C@H](NC(=O)C1C2C=CC(C2)C1C(=O)O)C1CCCCC1. The van der Waals surface area contributed by atoms with Gasteiger partial charge in [-0.05, 0) is 43.9 Å². The van der Waals surface area contributed by atoms with Crippen molar-refractivity contribution in [3.8, 4) is 0 Å². The molecular formula is C17H25NO3. The molecule has 0 saturated heterocycles. The maximum atomic E-state index is 12.6. The molecule has 2 saturated carbocycles. The highest BCUT2D eigenvalue weighted by Crippen LogP contribution is 2.48. The minimum atomic E-state index is -0.822. The number of rotatable bonds is 4. The van der Waals surface area contributed by atoms with Crippen LogP contribution in [-0.2, 0) is 9.59 Å². The fourth-order valence-electron chi connectivity index (χ4n) is 4.59. The topological polar surface area (TPSA) is 66.4 Å². The number of amides is 1. The molecule has 1 amide bonds. The fraction of sp³-hybridized carbons (Fsp3) is 0.765. The largest absolute Gasteiger partial charge is 0.481 e. The number of carbonyl (C=O) groups is 2. The summed E-state index contributed by atoms with van der Waals surface area (Å²) >= 11 is 0. The lowest BCUT2D eigenvalue weighted by Crippen LogP contribution is -2.46. The highest BCUT2D eigenvalue weighted by Gasteiger charge is 2.51. The van der Waals surface area contributed by atoms with E-state index in [-0.39, 0.29) is 29.7 Å². The number of allylic oxidation sites excluding steroid dienone is 2. The first-order valence-electron chi connectivity index (χ1n) is 8.29. The van der Waals surface area contributed by atoms with Crippen LogP contribution < -0.4 is 5.32 Å². The van der Waals surface area contributed by atoms with Crippen molar-refractivity contribution in [1.82, 2.24) is 5.32 Å². The van der Waals surface area contributed by atoms with Crippen molar-refractivity contribution >= 4 is 11.9 Å². The summed E-state index contributed by atoms with van der Waals surface area (Å²) in [6, 6.07) is 0.162. The number of carbonyl (C=O) groups excluding carboxylic acids is 1. The van der Waals surface area contributed by atoms with Crippen LogP contribution in [0.1, 0.15) is 45.4 Å². The molecule has 0 heterocycles. The molecule has 0 aromatic rings. The van der Waals surface area contributed by atoms with Crippen LogP contribution >= 0.6 is 0 Å². The lowest BCUT2D eigenvalue weighted by atomic mass is 9.81. The number of hydrogen-bond donors (Lipinski definition) is 2. The molecule has 4 nitrogen and oxygen atoms in total. The molecule has 2 N–H and O–H groups in total. The van der Waals surface area contributed by atoms with Gasteiger partial charge in [0.1, 0.15) is 0 Å². The summed E-state index contributed by atoms with van der Waals surface area (Å²) < 4.78 is 0. The maximum absolute atomic E-state index is 12.6. The molecule has 2 fully saturated rings. The predicted molar refractivity (Wildman–Crippen MR) is 79.5 cm³/mol. The summed E-state index contributed by atoms with van der Waals surface area (Å²) in [5, 5.41) is 12.5. The third-order valence-corrected chi connectivity index (χ3v) is 5.77. The van der Waals surface area contributed by atoms with Gasteiger partial charge in [-0.2, -0.15) is 0 Å². The van der Waals surface area contributed by atoms with E-state index in [0.717, 1.165) is 6.42 Å². The van der Waals surface area contributed by atoms with E-state index in [0.29, 0.717) is 5.92 Å². The van der Waals surface area contributed by atoms with Crippen LogP contribution in [-0.4, -0.2) is 23.0 Å². The molecule has 3 aliphatic rings. The Kier molecular flexibility index (Phi) is 4.05. The van der Waals surface area contributed by atoms with Crippen molar-refractivity contribution in [2.24, 2.45) is 29.6 Å². The fourth-order valence-corrected chi connectivity index (χ4v) is 4.59. The van der Waals surface area contributed by atoms with Crippen LogP contribution in [0, 0.1) is 29.6 Å². The minimum Gasteiger partial charge on any atom is -0.481 e. The number of fused-ring (bicyclic) bond motifs is 2. The standard InChI is InChI=1S/C17H25NO3/c1-10(11-5-3-2-4-6-11)18-16(19)14-12-7-8-13(9-12)15(14)17(20)21/h7-8,10-15H,2-6,9H2,1H3,(H,18,19)(H,20,21)/t10-,12?,13?,14?,15?/m0/s1.